The fourth-order valence-corrected chi connectivity index (χ4v) is 3.01. The second-order valence-electron chi connectivity index (χ2n) is 5.18. The zero-order valence-electron chi connectivity index (χ0n) is 10.9. The Morgan fingerprint density at radius 1 is 1.26 bits per heavy atom. The van der Waals surface area contributed by atoms with Crippen LogP contribution in [-0.2, 0) is 6.54 Å². The maximum absolute atomic E-state index is 5.36. The van der Waals surface area contributed by atoms with Crippen molar-refractivity contribution in [2.24, 2.45) is 5.92 Å². The van der Waals surface area contributed by atoms with E-state index in [9.17, 15) is 0 Å². The van der Waals surface area contributed by atoms with E-state index in [0.29, 0.717) is 4.77 Å². The van der Waals surface area contributed by atoms with Gasteiger partial charge in [-0.05, 0) is 43.1 Å². The molecule has 0 spiro atoms. The van der Waals surface area contributed by atoms with Crippen molar-refractivity contribution in [3.05, 3.63) is 29.2 Å². The average molecular weight is 274 g/mol. The van der Waals surface area contributed by atoms with Crippen LogP contribution >= 0.6 is 12.2 Å². The Morgan fingerprint density at radius 2 is 2.11 bits per heavy atom. The smallest absolute Gasteiger partial charge is 0.195 e. The summed E-state index contributed by atoms with van der Waals surface area (Å²) in [4.78, 5) is 4.37. The topological polar surface area (TPSA) is 46.5 Å². The number of H-pyrrole nitrogens is 1. The molecule has 1 aliphatic rings. The van der Waals surface area contributed by atoms with Gasteiger partial charge in [0.1, 0.15) is 5.69 Å². The molecule has 0 bridgehead atoms. The summed E-state index contributed by atoms with van der Waals surface area (Å²) in [5, 5.41) is 7.24. The molecule has 19 heavy (non-hydrogen) atoms. The molecule has 5 heteroatoms. The lowest BCUT2D eigenvalue weighted by molar-refractivity contribution is 0.319. The van der Waals surface area contributed by atoms with Crippen LogP contribution in [0.3, 0.4) is 0 Å². The molecule has 1 N–H and O–H groups in total. The Bertz CT molecular complexity index is 581. The third-order valence-electron chi connectivity index (χ3n) is 3.82. The molecule has 1 aliphatic carbocycles. The number of aromatic amines is 1. The third-order valence-corrected chi connectivity index (χ3v) is 4.13. The van der Waals surface area contributed by atoms with Crippen LogP contribution in [0.1, 0.15) is 32.1 Å². The zero-order chi connectivity index (χ0) is 13.1. The molecule has 2 heterocycles. The summed E-state index contributed by atoms with van der Waals surface area (Å²) in [6.07, 6.45) is 8.45. The Morgan fingerprint density at radius 3 is 2.84 bits per heavy atom. The van der Waals surface area contributed by atoms with E-state index in [1.807, 2.05) is 18.2 Å². The predicted octanol–water partition coefficient (Wildman–Crippen LogP) is 3.58. The first-order valence-electron chi connectivity index (χ1n) is 6.91. The highest BCUT2D eigenvalue weighted by Crippen LogP contribution is 2.26. The number of rotatable bonds is 3. The van der Waals surface area contributed by atoms with Gasteiger partial charge in [-0.2, -0.15) is 5.10 Å². The summed E-state index contributed by atoms with van der Waals surface area (Å²) < 4.78 is 2.81. The molecule has 0 aromatic carbocycles. The van der Waals surface area contributed by atoms with Gasteiger partial charge in [0.15, 0.2) is 10.6 Å². The van der Waals surface area contributed by atoms with Crippen molar-refractivity contribution in [3.63, 3.8) is 0 Å². The first kappa shape index (κ1) is 12.5. The molecule has 0 aliphatic heterocycles. The highest BCUT2D eigenvalue weighted by atomic mass is 32.1. The van der Waals surface area contributed by atoms with Crippen LogP contribution in [0, 0.1) is 10.7 Å². The summed E-state index contributed by atoms with van der Waals surface area (Å²) in [5.41, 5.74) is 0.880. The molecule has 3 rings (SSSR count). The fraction of sp³-hybridized carbons (Fsp3) is 0.500. The number of nitrogens with zero attached hydrogens (tertiary/aromatic N) is 3. The molecule has 1 saturated carbocycles. The zero-order valence-corrected chi connectivity index (χ0v) is 11.7. The standard InChI is InChI=1S/C14H18N4S/c19-14-17-16-13(12-8-4-5-9-15-12)18(14)10-11-6-2-1-3-7-11/h4-5,8-9,11H,1-3,6-7,10H2,(H,17,19). The Hall–Kier alpha value is -1.49. The predicted molar refractivity (Wildman–Crippen MR) is 77.2 cm³/mol. The summed E-state index contributed by atoms with van der Waals surface area (Å²) in [7, 11) is 0. The van der Waals surface area contributed by atoms with Gasteiger partial charge in [-0.1, -0.05) is 25.3 Å². The lowest BCUT2D eigenvalue weighted by atomic mass is 9.89. The molecule has 4 nitrogen and oxygen atoms in total. The van der Waals surface area contributed by atoms with Crippen LogP contribution in [0.2, 0.25) is 0 Å². The van der Waals surface area contributed by atoms with Crippen molar-refractivity contribution in [1.29, 1.82) is 0 Å². The summed E-state index contributed by atoms with van der Waals surface area (Å²) >= 11 is 5.36. The molecular weight excluding hydrogens is 256 g/mol. The molecule has 0 atom stereocenters. The number of pyridine rings is 1. The molecule has 1 fully saturated rings. The minimum atomic E-state index is 0.700. The Labute approximate surface area is 117 Å². The normalized spacial score (nSPS) is 16.6. The third kappa shape index (κ3) is 2.76. The fourth-order valence-electron chi connectivity index (χ4n) is 2.81. The Kier molecular flexibility index (Phi) is 3.73. The van der Waals surface area contributed by atoms with Crippen LogP contribution in [0.15, 0.2) is 24.4 Å². The van der Waals surface area contributed by atoms with Crippen molar-refractivity contribution in [1.82, 2.24) is 19.7 Å². The van der Waals surface area contributed by atoms with Crippen LogP contribution in [-0.4, -0.2) is 19.7 Å². The van der Waals surface area contributed by atoms with Crippen LogP contribution in [0.5, 0.6) is 0 Å². The van der Waals surface area contributed by atoms with Gasteiger partial charge in [-0.25, -0.2) is 0 Å². The quantitative estimate of drug-likeness (QED) is 0.870. The summed E-state index contributed by atoms with van der Waals surface area (Å²) in [5.74, 6) is 1.58. The first-order chi connectivity index (χ1) is 9.34. The van der Waals surface area contributed by atoms with Crippen molar-refractivity contribution < 1.29 is 0 Å². The second kappa shape index (κ2) is 5.65. The van der Waals surface area contributed by atoms with E-state index in [1.165, 1.54) is 32.1 Å². The molecule has 0 amide bonds. The van der Waals surface area contributed by atoms with Gasteiger partial charge in [-0.3, -0.25) is 14.6 Å². The number of hydrogen-bond acceptors (Lipinski definition) is 3. The highest BCUT2D eigenvalue weighted by Gasteiger charge is 2.17. The van der Waals surface area contributed by atoms with Gasteiger partial charge in [0.25, 0.3) is 0 Å². The number of nitrogens with one attached hydrogen (secondary N) is 1. The minimum absolute atomic E-state index is 0.700. The van der Waals surface area contributed by atoms with Gasteiger partial charge < -0.3 is 0 Å². The molecule has 0 saturated heterocycles. The van der Waals surface area contributed by atoms with E-state index in [1.54, 1.807) is 6.20 Å². The van der Waals surface area contributed by atoms with Crippen LogP contribution < -0.4 is 0 Å². The van der Waals surface area contributed by atoms with Crippen LogP contribution in [0.4, 0.5) is 0 Å². The van der Waals surface area contributed by atoms with Gasteiger partial charge in [-0.15, -0.1) is 0 Å². The van der Waals surface area contributed by atoms with Crippen molar-refractivity contribution in [2.45, 2.75) is 38.6 Å². The van der Waals surface area contributed by atoms with Crippen molar-refractivity contribution in [3.8, 4) is 11.5 Å². The van der Waals surface area contributed by atoms with E-state index in [0.717, 1.165) is 24.0 Å². The molecule has 0 unspecified atom stereocenters. The second-order valence-corrected chi connectivity index (χ2v) is 5.57. The van der Waals surface area contributed by atoms with Gasteiger partial charge >= 0.3 is 0 Å². The largest absolute Gasteiger partial charge is 0.299 e. The van der Waals surface area contributed by atoms with Crippen molar-refractivity contribution in [2.75, 3.05) is 0 Å². The van der Waals surface area contributed by atoms with E-state index in [4.69, 9.17) is 12.2 Å². The van der Waals surface area contributed by atoms with Gasteiger partial charge in [0, 0.05) is 12.7 Å². The van der Waals surface area contributed by atoms with Gasteiger partial charge in [0.2, 0.25) is 0 Å². The Balaban J connectivity index is 1.88. The molecular formula is C14H18N4S. The summed E-state index contributed by atoms with van der Waals surface area (Å²) in [6.45, 7) is 0.960. The van der Waals surface area contributed by atoms with E-state index in [2.05, 4.69) is 19.7 Å². The number of hydrogen-bond donors (Lipinski definition) is 1. The van der Waals surface area contributed by atoms with Crippen molar-refractivity contribution >= 4 is 12.2 Å². The lowest BCUT2D eigenvalue weighted by Gasteiger charge is -2.22. The van der Waals surface area contributed by atoms with E-state index in [-0.39, 0.29) is 0 Å². The first-order valence-corrected chi connectivity index (χ1v) is 7.32. The van der Waals surface area contributed by atoms with Crippen LogP contribution in [0.25, 0.3) is 11.5 Å². The van der Waals surface area contributed by atoms with E-state index < -0.39 is 0 Å². The number of aromatic nitrogens is 4. The molecule has 0 radical (unpaired) electrons. The maximum atomic E-state index is 5.36. The lowest BCUT2D eigenvalue weighted by Crippen LogP contribution is -2.15. The van der Waals surface area contributed by atoms with Gasteiger partial charge in [0.05, 0.1) is 0 Å². The average Bonchev–Trinajstić information content (AvgIpc) is 2.82. The monoisotopic (exact) mass is 274 g/mol. The molecule has 100 valence electrons. The maximum Gasteiger partial charge on any atom is 0.195 e. The minimum Gasteiger partial charge on any atom is -0.299 e. The SMILES string of the molecule is S=c1[nH]nc(-c2ccccn2)n1CC1CCCCC1. The van der Waals surface area contributed by atoms with E-state index >= 15 is 0 Å². The highest BCUT2D eigenvalue weighted by molar-refractivity contribution is 7.71. The summed E-state index contributed by atoms with van der Waals surface area (Å²) in [6, 6.07) is 5.86. The molecule has 2 aromatic rings. The molecule has 2 aromatic heterocycles.